The molecule has 4 aromatic heterocycles. The Morgan fingerprint density at radius 2 is 2.14 bits per heavy atom. The summed E-state index contributed by atoms with van der Waals surface area (Å²) < 4.78 is 15.5. The summed E-state index contributed by atoms with van der Waals surface area (Å²) in [7, 11) is 0. The molecule has 0 radical (unpaired) electrons. The van der Waals surface area contributed by atoms with Crippen LogP contribution in [0.4, 0.5) is 10.3 Å². The lowest BCUT2D eigenvalue weighted by Crippen LogP contribution is -2.29. The van der Waals surface area contributed by atoms with Crippen molar-refractivity contribution in [3.05, 3.63) is 53.8 Å². The van der Waals surface area contributed by atoms with E-state index >= 15 is 0 Å². The summed E-state index contributed by atoms with van der Waals surface area (Å²) >= 11 is 0. The van der Waals surface area contributed by atoms with E-state index in [-0.39, 0.29) is 12.0 Å². The second-order valence-corrected chi connectivity index (χ2v) is 7.66. The molecule has 0 aliphatic heterocycles. The van der Waals surface area contributed by atoms with Crippen LogP contribution in [0.1, 0.15) is 43.1 Å². The molecule has 1 aliphatic carbocycles. The minimum absolute atomic E-state index is 0.175. The molecule has 148 valence electrons. The van der Waals surface area contributed by atoms with Gasteiger partial charge in [0.1, 0.15) is 5.82 Å². The number of aromatic amines is 1. The largest absolute Gasteiger partial charge is 0.351 e. The fourth-order valence-corrected chi connectivity index (χ4v) is 3.76. The first-order valence-corrected chi connectivity index (χ1v) is 9.72. The zero-order chi connectivity index (χ0) is 20.0. The second kappa shape index (κ2) is 6.91. The van der Waals surface area contributed by atoms with Gasteiger partial charge in [-0.15, -0.1) is 0 Å². The molecule has 29 heavy (non-hydrogen) atoms. The highest BCUT2D eigenvalue weighted by molar-refractivity contribution is 5.62. The number of rotatable bonds is 4. The van der Waals surface area contributed by atoms with Gasteiger partial charge < -0.3 is 10.3 Å². The van der Waals surface area contributed by atoms with Gasteiger partial charge in [-0.1, -0.05) is 13.8 Å². The maximum absolute atomic E-state index is 13.7. The van der Waals surface area contributed by atoms with Crippen LogP contribution >= 0.6 is 0 Å². The normalized spacial score (nSPS) is 16.3. The number of hydrogen-bond donors (Lipinski definition) is 2. The topological polar surface area (TPSA) is 96.7 Å². The first-order chi connectivity index (χ1) is 14.1. The number of halogens is 1. The molecule has 2 N–H and O–H groups in total. The van der Waals surface area contributed by atoms with Crippen LogP contribution in [-0.2, 0) is 12.8 Å². The van der Waals surface area contributed by atoms with Crippen molar-refractivity contribution < 1.29 is 4.39 Å². The van der Waals surface area contributed by atoms with Crippen LogP contribution in [0.5, 0.6) is 0 Å². The SMILES string of the molecule is CC(C)c1cnn2c(N[C@@H]3CCc4[nH]cnc4C3)nc(-c3cncc(F)c3)nc12. The standard InChI is InChI=1S/C20H21FN8/c1-11(2)15-9-25-29-19(15)27-18(12-5-13(21)8-22-7-12)28-20(29)26-14-3-4-16-17(6-14)24-10-23-16/h5,7-11,14H,3-4,6H2,1-2H3,(H,23,24)(H,26,27,28)/t14-/m1/s1. The number of fused-ring (bicyclic) bond motifs is 2. The second-order valence-electron chi connectivity index (χ2n) is 7.66. The lowest BCUT2D eigenvalue weighted by Gasteiger charge is -2.23. The molecule has 0 bridgehead atoms. The number of anilines is 1. The Kier molecular flexibility index (Phi) is 4.22. The lowest BCUT2D eigenvalue weighted by atomic mass is 9.96. The maximum Gasteiger partial charge on any atom is 0.228 e. The molecule has 9 heteroatoms. The van der Waals surface area contributed by atoms with Crippen molar-refractivity contribution in [2.24, 2.45) is 0 Å². The molecule has 0 unspecified atom stereocenters. The molecule has 0 saturated heterocycles. The number of H-pyrrole nitrogens is 1. The summed E-state index contributed by atoms with van der Waals surface area (Å²) in [5.74, 6) is 0.835. The molecule has 1 atom stereocenters. The third-order valence-electron chi connectivity index (χ3n) is 5.30. The predicted octanol–water partition coefficient (Wildman–Crippen LogP) is 3.14. The summed E-state index contributed by atoms with van der Waals surface area (Å²) in [5.41, 5.74) is 4.54. The van der Waals surface area contributed by atoms with Crippen molar-refractivity contribution >= 4 is 11.6 Å². The summed E-state index contributed by atoms with van der Waals surface area (Å²) in [6.07, 6.45) is 8.99. The van der Waals surface area contributed by atoms with Gasteiger partial charge in [0.05, 0.1) is 24.4 Å². The first-order valence-electron chi connectivity index (χ1n) is 9.72. The highest BCUT2D eigenvalue weighted by atomic mass is 19.1. The fraction of sp³-hybridized carbons (Fsp3) is 0.350. The third kappa shape index (κ3) is 3.22. The first kappa shape index (κ1) is 17.7. The van der Waals surface area contributed by atoms with Crippen LogP contribution in [-0.4, -0.2) is 40.6 Å². The molecular formula is C20H21FN8. The molecule has 4 heterocycles. The van der Waals surface area contributed by atoms with E-state index in [1.165, 1.54) is 18.0 Å². The maximum atomic E-state index is 13.7. The van der Waals surface area contributed by atoms with Crippen LogP contribution in [0.15, 0.2) is 31.0 Å². The number of aromatic nitrogens is 7. The van der Waals surface area contributed by atoms with E-state index in [0.717, 1.165) is 30.5 Å². The molecule has 5 rings (SSSR count). The van der Waals surface area contributed by atoms with Gasteiger partial charge in [-0.05, 0) is 24.8 Å². The van der Waals surface area contributed by atoms with E-state index in [0.29, 0.717) is 23.0 Å². The highest BCUT2D eigenvalue weighted by Gasteiger charge is 2.23. The van der Waals surface area contributed by atoms with Crippen LogP contribution in [0.2, 0.25) is 0 Å². The summed E-state index contributed by atoms with van der Waals surface area (Å²) in [6.45, 7) is 4.19. The zero-order valence-electron chi connectivity index (χ0n) is 16.2. The quantitative estimate of drug-likeness (QED) is 0.554. The van der Waals surface area contributed by atoms with Gasteiger partial charge in [0, 0.05) is 35.5 Å². The van der Waals surface area contributed by atoms with E-state index in [9.17, 15) is 4.39 Å². The molecule has 0 spiro atoms. The van der Waals surface area contributed by atoms with E-state index < -0.39 is 5.82 Å². The summed E-state index contributed by atoms with van der Waals surface area (Å²) in [4.78, 5) is 20.9. The van der Waals surface area contributed by atoms with Gasteiger partial charge >= 0.3 is 0 Å². The molecule has 1 aliphatic rings. The van der Waals surface area contributed by atoms with E-state index in [1.807, 2.05) is 6.20 Å². The van der Waals surface area contributed by atoms with Crippen molar-refractivity contribution in [3.8, 4) is 11.4 Å². The Morgan fingerprint density at radius 1 is 1.24 bits per heavy atom. The Balaban J connectivity index is 1.58. The van der Waals surface area contributed by atoms with Crippen molar-refractivity contribution in [3.63, 3.8) is 0 Å². The minimum atomic E-state index is -0.420. The van der Waals surface area contributed by atoms with E-state index in [2.05, 4.69) is 49.2 Å². The average molecular weight is 392 g/mol. The monoisotopic (exact) mass is 392 g/mol. The Hall–Kier alpha value is -3.36. The van der Waals surface area contributed by atoms with Crippen LogP contribution in [0.25, 0.3) is 17.0 Å². The highest BCUT2D eigenvalue weighted by Crippen LogP contribution is 2.26. The molecule has 0 saturated carbocycles. The van der Waals surface area contributed by atoms with Crippen molar-refractivity contribution in [2.45, 2.75) is 45.1 Å². The number of imidazole rings is 1. The predicted molar refractivity (Wildman–Crippen MR) is 106 cm³/mol. The average Bonchev–Trinajstić information content (AvgIpc) is 3.34. The lowest BCUT2D eigenvalue weighted by molar-refractivity contribution is 0.590. The van der Waals surface area contributed by atoms with Crippen LogP contribution < -0.4 is 5.32 Å². The van der Waals surface area contributed by atoms with Crippen LogP contribution in [0, 0.1) is 5.82 Å². The number of pyridine rings is 1. The zero-order valence-corrected chi connectivity index (χ0v) is 16.2. The number of nitrogens with zero attached hydrogens (tertiary/aromatic N) is 6. The van der Waals surface area contributed by atoms with Crippen molar-refractivity contribution in [1.82, 2.24) is 34.5 Å². The number of hydrogen-bond acceptors (Lipinski definition) is 6. The number of nitrogens with one attached hydrogen (secondary N) is 2. The van der Waals surface area contributed by atoms with Crippen molar-refractivity contribution in [1.29, 1.82) is 0 Å². The van der Waals surface area contributed by atoms with Gasteiger partial charge in [0.15, 0.2) is 11.5 Å². The van der Waals surface area contributed by atoms with E-state index in [4.69, 9.17) is 0 Å². The van der Waals surface area contributed by atoms with Gasteiger partial charge in [0.25, 0.3) is 0 Å². The molecule has 0 amide bonds. The van der Waals surface area contributed by atoms with Crippen molar-refractivity contribution in [2.75, 3.05) is 5.32 Å². The summed E-state index contributed by atoms with van der Waals surface area (Å²) in [5, 5.41) is 8.02. The smallest absolute Gasteiger partial charge is 0.228 e. The molecular weight excluding hydrogens is 371 g/mol. The minimum Gasteiger partial charge on any atom is -0.351 e. The van der Waals surface area contributed by atoms with Gasteiger partial charge in [-0.3, -0.25) is 4.98 Å². The Morgan fingerprint density at radius 3 is 2.97 bits per heavy atom. The van der Waals surface area contributed by atoms with Gasteiger partial charge in [0.2, 0.25) is 5.95 Å². The van der Waals surface area contributed by atoms with Gasteiger partial charge in [-0.2, -0.15) is 14.6 Å². The summed E-state index contributed by atoms with van der Waals surface area (Å²) in [6, 6.07) is 1.57. The van der Waals surface area contributed by atoms with E-state index in [1.54, 1.807) is 17.0 Å². The van der Waals surface area contributed by atoms with Crippen LogP contribution in [0.3, 0.4) is 0 Å². The third-order valence-corrected chi connectivity index (χ3v) is 5.30. The Bertz CT molecular complexity index is 1180. The Labute approximate surface area is 166 Å². The van der Waals surface area contributed by atoms with Gasteiger partial charge in [-0.25, -0.2) is 14.4 Å². The molecule has 8 nitrogen and oxygen atoms in total. The number of aryl methyl sites for hydroxylation is 1. The molecule has 0 fully saturated rings. The molecule has 0 aromatic carbocycles. The molecule has 4 aromatic rings. The fourth-order valence-electron chi connectivity index (χ4n) is 3.76.